The van der Waals surface area contributed by atoms with Gasteiger partial charge in [-0.3, -0.25) is 10.3 Å². The maximum Gasteiger partial charge on any atom is 0.0920 e. The molecule has 5 N–H and O–H groups in total. The lowest BCUT2D eigenvalue weighted by atomic mass is 10.2. The van der Waals surface area contributed by atoms with Crippen molar-refractivity contribution in [2.24, 2.45) is 5.73 Å². The van der Waals surface area contributed by atoms with E-state index in [1.165, 1.54) is 0 Å². The van der Waals surface area contributed by atoms with Crippen molar-refractivity contribution in [3.63, 3.8) is 0 Å². The van der Waals surface area contributed by atoms with Crippen molar-refractivity contribution >= 4 is 5.84 Å². The molecule has 0 aliphatic rings. The van der Waals surface area contributed by atoms with E-state index in [-0.39, 0.29) is 25.1 Å². The molecule has 0 rings (SSSR count). The third kappa shape index (κ3) is 5.57. The van der Waals surface area contributed by atoms with Crippen LogP contribution in [0, 0.1) is 5.41 Å². The quantitative estimate of drug-likeness (QED) is 0.305. The minimum atomic E-state index is 0.0578. The number of aliphatic hydroxyl groups excluding tert-OH is 2. The number of hydrogen-bond acceptors (Lipinski definition) is 4. The van der Waals surface area contributed by atoms with E-state index in [4.69, 9.17) is 21.4 Å². The van der Waals surface area contributed by atoms with Crippen molar-refractivity contribution in [1.29, 1.82) is 5.41 Å². The molecular formula is C8H19N3O2. The summed E-state index contributed by atoms with van der Waals surface area (Å²) < 4.78 is 0. The second-order valence-corrected chi connectivity index (χ2v) is 3.06. The van der Waals surface area contributed by atoms with Crippen LogP contribution in [0.4, 0.5) is 0 Å². The molecular weight excluding hydrogens is 170 g/mol. The van der Waals surface area contributed by atoms with Gasteiger partial charge in [0.05, 0.1) is 19.0 Å². The van der Waals surface area contributed by atoms with Crippen molar-refractivity contribution in [1.82, 2.24) is 4.90 Å². The van der Waals surface area contributed by atoms with Gasteiger partial charge in [0.15, 0.2) is 0 Å². The van der Waals surface area contributed by atoms with Crippen LogP contribution < -0.4 is 5.73 Å². The van der Waals surface area contributed by atoms with E-state index in [2.05, 4.69) is 0 Å². The first-order valence-electron chi connectivity index (χ1n) is 4.40. The SMILES string of the molecule is CC(CC(=N)N)N(CCO)CCO. The smallest absolute Gasteiger partial charge is 0.0920 e. The van der Waals surface area contributed by atoms with Gasteiger partial charge in [-0.25, -0.2) is 0 Å². The Hall–Kier alpha value is -0.650. The summed E-state index contributed by atoms with van der Waals surface area (Å²) in [4.78, 5) is 1.90. The van der Waals surface area contributed by atoms with Gasteiger partial charge in [0.25, 0.3) is 0 Å². The Bertz CT molecular complexity index is 146. The second kappa shape index (κ2) is 6.82. The van der Waals surface area contributed by atoms with Gasteiger partial charge in [-0.2, -0.15) is 0 Å². The molecule has 0 spiro atoms. The molecule has 1 atom stereocenters. The predicted octanol–water partition coefficient (Wildman–Crippen LogP) is -1.01. The van der Waals surface area contributed by atoms with Crippen LogP contribution in [0.15, 0.2) is 0 Å². The summed E-state index contributed by atoms with van der Waals surface area (Å²) in [6.07, 6.45) is 0.472. The Morgan fingerprint density at radius 2 is 1.85 bits per heavy atom. The highest BCUT2D eigenvalue weighted by Crippen LogP contribution is 2.02. The summed E-state index contributed by atoms with van der Waals surface area (Å²) in [6.45, 7) is 3.06. The van der Waals surface area contributed by atoms with Crippen LogP contribution >= 0.6 is 0 Å². The molecule has 5 heteroatoms. The van der Waals surface area contributed by atoms with E-state index < -0.39 is 0 Å². The van der Waals surface area contributed by atoms with Gasteiger partial charge in [-0.1, -0.05) is 0 Å². The van der Waals surface area contributed by atoms with Crippen LogP contribution in [0.3, 0.4) is 0 Å². The molecule has 0 saturated heterocycles. The first-order valence-corrected chi connectivity index (χ1v) is 4.40. The highest BCUT2D eigenvalue weighted by molar-refractivity contribution is 5.77. The van der Waals surface area contributed by atoms with Crippen molar-refractivity contribution in [2.75, 3.05) is 26.3 Å². The Labute approximate surface area is 78.7 Å². The minimum Gasteiger partial charge on any atom is -0.395 e. The van der Waals surface area contributed by atoms with Crippen LogP contribution in [-0.4, -0.2) is 53.3 Å². The van der Waals surface area contributed by atoms with Crippen molar-refractivity contribution < 1.29 is 10.2 Å². The molecule has 78 valence electrons. The van der Waals surface area contributed by atoms with Gasteiger partial charge in [-0.15, -0.1) is 0 Å². The molecule has 0 amide bonds. The summed E-state index contributed by atoms with van der Waals surface area (Å²) in [5.74, 6) is 0.133. The Balaban J connectivity index is 3.93. The highest BCUT2D eigenvalue weighted by atomic mass is 16.3. The number of rotatable bonds is 7. The number of nitrogens with one attached hydrogen (secondary N) is 1. The topological polar surface area (TPSA) is 93.6 Å². The second-order valence-electron chi connectivity index (χ2n) is 3.06. The van der Waals surface area contributed by atoms with Gasteiger partial charge in [0.2, 0.25) is 0 Å². The van der Waals surface area contributed by atoms with E-state index in [1.807, 2.05) is 11.8 Å². The monoisotopic (exact) mass is 189 g/mol. The van der Waals surface area contributed by atoms with Crippen LogP contribution in [0.25, 0.3) is 0 Å². The summed E-state index contributed by atoms with van der Waals surface area (Å²) in [5.41, 5.74) is 5.26. The minimum absolute atomic E-state index is 0.0578. The number of hydrogen-bond donors (Lipinski definition) is 4. The molecule has 5 nitrogen and oxygen atoms in total. The molecule has 0 bridgehead atoms. The standard InChI is InChI=1S/C8H19N3O2/c1-7(6-8(9)10)11(2-4-12)3-5-13/h7,12-13H,2-6H2,1H3,(H3,9,10). The van der Waals surface area contributed by atoms with Gasteiger partial charge in [0, 0.05) is 25.6 Å². The van der Waals surface area contributed by atoms with Gasteiger partial charge < -0.3 is 15.9 Å². The molecule has 0 saturated carbocycles. The van der Waals surface area contributed by atoms with Gasteiger partial charge in [-0.05, 0) is 6.92 Å². The van der Waals surface area contributed by atoms with E-state index in [0.29, 0.717) is 19.5 Å². The lowest BCUT2D eigenvalue weighted by Crippen LogP contribution is -2.39. The molecule has 0 aromatic carbocycles. The van der Waals surface area contributed by atoms with E-state index in [0.717, 1.165) is 0 Å². The Morgan fingerprint density at radius 3 is 2.15 bits per heavy atom. The Morgan fingerprint density at radius 1 is 1.38 bits per heavy atom. The fraction of sp³-hybridized carbons (Fsp3) is 0.875. The zero-order chi connectivity index (χ0) is 10.3. The first kappa shape index (κ1) is 12.3. The fourth-order valence-electron chi connectivity index (χ4n) is 1.26. The summed E-state index contributed by atoms with van der Waals surface area (Å²) in [6, 6.07) is 0.0943. The van der Waals surface area contributed by atoms with Crippen LogP contribution in [0.2, 0.25) is 0 Å². The predicted molar refractivity (Wildman–Crippen MR) is 51.7 cm³/mol. The first-order chi connectivity index (χ1) is 6.11. The Kier molecular flexibility index (Phi) is 6.48. The molecule has 0 aromatic rings. The van der Waals surface area contributed by atoms with E-state index >= 15 is 0 Å². The van der Waals surface area contributed by atoms with Gasteiger partial charge >= 0.3 is 0 Å². The maximum atomic E-state index is 8.74. The molecule has 0 radical (unpaired) electrons. The molecule has 0 aromatic heterocycles. The number of aliphatic hydroxyl groups is 2. The van der Waals surface area contributed by atoms with Crippen molar-refractivity contribution in [2.45, 2.75) is 19.4 Å². The molecule has 0 heterocycles. The summed E-state index contributed by atoms with van der Waals surface area (Å²) in [5, 5.41) is 24.6. The third-order valence-electron chi connectivity index (χ3n) is 1.91. The van der Waals surface area contributed by atoms with Crippen molar-refractivity contribution in [3.05, 3.63) is 0 Å². The normalized spacial score (nSPS) is 13.2. The average molecular weight is 189 g/mol. The third-order valence-corrected chi connectivity index (χ3v) is 1.91. The maximum absolute atomic E-state index is 8.74. The van der Waals surface area contributed by atoms with Crippen LogP contribution in [0.5, 0.6) is 0 Å². The number of nitrogens with zero attached hydrogens (tertiary/aromatic N) is 1. The lowest BCUT2D eigenvalue weighted by Gasteiger charge is -2.27. The summed E-state index contributed by atoms with van der Waals surface area (Å²) in [7, 11) is 0. The molecule has 13 heavy (non-hydrogen) atoms. The fourth-order valence-corrected chi connectivity index (χ4v) is 1.26. The lowest BCUT2D eigenvalue weighted by molar-refractivity contribution is 0.131. The average Bonchev–Trinajstić information content (AvgIpc) is 2.02. The van der Waals surface area contributed by atoms with E-state index in [1.54, 1.807) is 0 Å². The molecule has 0 fully saturated rings. The molecule has 0 aliphatic heterocycles. The molecule has 1 unspecified atom stereocenters. The molecule has 0 aliphatic carbocycles. The zero-order valence-corrected chi connectivity index (χ0v) is 8.03. The number of nitrogens with two attached hydrogens (primary N) is 1. The van der Waals surface area contributed by atoms with Gasteiger partial charge in [0.1, 0.15) is 0 Å². The number of amidine groups is 1. The highest BCUT2D eigenvalue weighted by Gasteiger charge is 2.13. The van der Waals surface area contributed by atoms with Crippen molar-refractivity contribution in [3.8, 4) is 0 Å². The van der Waals surface area contributed by atoms with E-state index in [9.17, 15) is 0 Å². The largest absolute Gasteiger partial charge is 0.395 e. The van der Waals surface area contributed by atoms with Crippen LogP contribution in [-0.2, 0) is 0 Å². The zero-order valence-electron chi connectivity index (χ0n) is 8.03. The summed E-state index contributed by atoms with van der Waals surface area (Å²) >= 11 is 0. The van der Waals surface area contributed by atoms with Crippen LogP contribution in [0.1, 0.15) is 13.3 Å².